The number of hydrogen-bond acceptors (Lipinski definition) is 2. The number of hydrogen-bond donors (Lipinski definition) is 1. The van der Waals surface area contributed by atoms with Gasteiger partial charge in [-0.2, -0.15) is 5.10 Å². The second-order valence-electron chi connectivity index (χ2n) is 5.29. The molecule has 1 aliphatic heterocycles. The second kappa shape index (κ2) is 4.25. The topological polar surface area (TPSA) is 29.9 Å². The molecule has 0 amide bonds. The Balaban J connectivity index is 1.92. The van der Waals surface area contributed by atoms with Crippen LogP contribution >= 0.6 is 0 Å². The van der Waals surface area contributed by atoms with E-state index in [0.717, 1.165) is 17.9 Å². The molecule has 3 rings (SSSR count). The Hall–Kier alpha value is -1.61. The summed E-state index contributed by atoms with van der Waals surface area (Å²) in [5, 5.41) is 7.92. The highest BCUT2D eigenvalue weighted by molar-refractivity contribution is 5.38. The van der Waals surface area contributed by atoms with Gasteiger partial charge in [-0.3, -0.25) is 0 Å². The van der Waals surface area contributed by atoms with Crippen LogP contribution in [-0.4, -0.2) is 16.3 Å². The lowest BCUT2D eigenvalue weighted by Crippen LogP contribution is -2.32. The summed E-state index contributed by atoms with van der Waals surface area (Å²) < 4.78 is 1.97. The number of aromatic nitrogens is 2. The average molecular weight is 241 g/mol. The Bertz CT molecular complexity index is 533. The van der Waals surface area contributed by atoms with Crippen molar-refractivity contribution in [3.8, 4) is 5.69 Å². The van der Waals surface area contributed by atoms with E-state index in [1.807, 2.05) is 16.9 Å². The molecule has 2 aromatic rings. The second-order valence-corrected chi connectivity index (χ2v) is 5.29. The largest absolute Gasteiger partial charge is 0.308 e. The molecule has 18 heavy (non-hydrogen) atoms. The van der Waals surface area contributed by atoms with Crippen LogP contribution in [-0.2, 0) is 5.54 Å². The lowest BCUT2D eigenvalue weighted by Gasteiger charge is -2.25. The molecule has 1 aromatic carbocycles. The lowest BCUT2D eigenvalue weighted by atomic mass is 9.90. The molecule has 1 saturated heterocycles. The maximum atomic E-state index is 4.33. The van der Waals surface area contributed by atoms with Crippen molar-refractivity contribution in [3.05, 3.63) is 47.8 Å². The molecule has 1 unspecified atom stereocenters. The summed E-state index contributed by atoms with van der Waals surface area (Å²) in [6.45, 7) is 5.48. The molecule has 0 radical (unpaired) electrons. The molecule has 94 valence electrons. The zero-order chi connectivity index (χ0) is 12.6. The fraction of sp³-hybridized carbons (Fsp3) is 0.400. The van der Waals surface area contributed by atoms with Crippen LogP contribution in [0.1, 0.15) is 31.0 Å². The van der Waals surface area contributed by atoms with Crippen molar-refractivity contribution in [1.29, 1.82) is 0 Å². The van der Waals surface area contributed by atoms with Gasteiger partial charge >= 0.3 is 0 Å². The molecule has 0 bridgehead atoms. The Morgan fingerprint density at radius 2 is 2.00 bits per heavy atom. The lowest BCUT2D eigenvalue weighted by molar-refractivity contribution is 0.434. The minimum Gasteiger partial charge on any atom is -0.308 e. The summed E-state index contributed by atoms with van der Waals surface area (Å²) in [6.07, 6.45) is 4.31. The van der Waals surface area contributed by atoms with Gasteiger partial charge in [0.2, 0.25) is 0 Å². The Kier molecular flexibility index (Phi) is 2.71. The molecular formula is C15H19N3. The van der Waals surface area contributed by atoms with Gasteiger partial charge in [-0.15, -0.1) is 0 Å². The summed E-state index contributed by atoms with van der Waals surface area (Å²) in [5.41, 5.74) is 3.81. The van der Waals surface area contributed by atoms with Gasteiger partial charge in [0.15, 0.2) is 0 Å². The van der Waals surface area contributed by atoms with Gasteiger partial charge in [0.05, 0.1) is 5.69 Å². The van der Waals surface area contributed by atoms with E-state index in [1.165, 1.54) is 18.4 Å². The molecule has 2 heterocycles. The van der Waals surface area contributed by atoms with Crippen molar-refractivity contribution in [3.63, 3.8) is 0 Å². The molecule has 0 spiro atoms. The fourth-order valence-corrected chi connectivity index (χ4v) is 2.75. The molecule has 1 aliphatic rings. The quantitative estimate of drug-likeness (QED) is 0.876. The normalized spacial score (nSPS) is 23.4. The van der Waals surface area contributed by atoms with Gasteiger partial charge in [-0.05, 0) is 57.0 Å². The number of nitrogens with one attached hydrogen (secondary N) is 1. The van der Waals surface area contributed by atoms with E-state index in [0.29, 0.717) is 0 Å². The molecule has 3 heteroatoms. The van der Waals surface area contributed by atoms with Crippen LogP contribution < -0.4 is 5.32 Å². The van der Waals surface area contributed by atoms with Crippen LogP contribution in [0.2, 0.25) is 0 Å². The van der Waals surface area contributed by atoms with E-state index in [-0.39, 0.29) is 5.54 Å². The van der Waals surface area contributed by atoms with Crippen molar-refractivity contribution in [1.82, 2.24) is 15.1 Å². The van der Waals surface area contributed by atoms with Crippen molar-refractivity contribution >= 4 is 0 Å². The van der Waals surface area contributed by atoms with Crippen LogP contribution in [0.25, 0.3) is 5.69 Å². The van der Waals surface area contributed by atoms with Crippen molar-refractivity contribution in [2.45, 2.75) is 32.2 Å². The van der Waals surface area contributed by atoms with Crippen molar-refractivity contribution in [2.24, 2.45) is 0 Å². The third-order valence-electron chi connectivity index (χ3n) is 3.95. The number of aryl methyl sites for hydroxylation is 1. The van der Waals surface area contributed by atoms with Crippen LogP contribution in [0.3, 0.4) is 0 Å². The maximum Gasteiger partial charge on any atom is 0.0648 e. The van der Waals surface area contributed by atoms with Crippen LogP contribution in [0.15, 0.2) is 36.5 Å². The monoisotopic (exact) mass is 241 g/mol. The van der Waals surface area contributed by atoms with E-state index < -0.39 is 0 Å². The smallest absolute Gasteiger partial charge is 0.0648 e. The molecule has 1 aromatic heterocycles. The van der Waals surface area contributed by atoms with Crippen molar-refractivity contribution < 1.29 is 0 Å². The Morgan fingerprint density at radius 1 is 1.22 bits per heavy atom. The molecule has 0 aliphatic carbocycles. The summed E-state index contributed by atoms with van der Waals surface area (Å²) in [4.78, 5) is 0. The molecule has 1 N–H and O–H groups in total. The molecule has 0 saturated carbocycles. The summed E-state index contributed by atoms with van der Waals surface area (Å²) >= 11 is 0. The maximum absolute atomic E-state index is 4.33. The van der Waals surface area contributed by atoms with E-state index >= 15 is 0 Å². The third kappa shape index (κ3) is 1.85. The SMILES string of the molecule is Cc1ccnn1-c1ccc(C2(C)CCCN2)cc1. The third-order valence-corrected chi connectivity index (χ3v) is 3.95. The summed E-state index contributed by atoms with van der Waals surface area (Å²) in [5.74, 6) is 0. The fourth-order valence-electron chi connectivity index (χ4n) is 2.75. The summed E-state index contributed by atoms with van der Waals surface area (Å²) in [7, 11) is 0. The molecule has 3 nitrogen and oxygen atoms in total. The minimum absolute atomic E-state index is 0.150. The van der Waals surface area contributed by atoms with Crippen LogP contribution in [0.5, 0.6) is 0 Å². The van der Waals surface area contributed by atoms with Gasteiger partial charge in [0.25, 0.3) is 0 Å². The standard InChI is InChI=1S/C15H19N3/c1-12-8-11-17-18(12)14-6-4-13(5-7-14)15(2)9-3-10-16-15/h4-8,11,16H,3,9-10H2,1-2H3. The first-order valence-electron chi connectivity index (χ1n) is 6.56. The zero-order valence-electron chi connectivity index (χ0n) is 11.0. The van der Waals surface area contributed by atoms with Gasteiger partial charge in [0, 0.05) is 17.4 Å². The van der Waals surface area contributed by atoms with E-state index in [4.69, 9.17) is 0 Å². The van der Waals surface area contributed by atoms with Crippen molar-refractivity contribution in [2.75, 3.05) is 6.54 Å². The van der Waals surface area contributed by atoms with Gasteiger partial charge in [0.1, 0.15) is 0 Å². The molecular weight excluding hydrogens is 222 g/mol. The van der Waals surface area contributed by atoms with Crippen LogP contribution in [0.4, 0.5) is 0 Å². The highest BCUT2D eigenvalue weighted by Gasteiger charge is 2.29. The highest BCUT2D eigenvalue weighted by Crippen LogP contribution is 2.30. The van der Waals surface area contributed by atoms with E-state index in [9.17, 15) is 0 Å². The van der Waals surface area contributed by atoms with Gasteiger partial charge < -0.3 is 5.32 Å². The Labute approximate surface area is 108 Å². The minimum atomic E-state index is 0.150. The molecule has 1 fully saturated rings. The zero-order valence-corrected chi connectivity index (χ0v) is 11.0. The Morgan fingerprint density at radius 3 is 2.56 bits per heavy atom. The van der Waals surface area contributed by atoms with Gasteiger partial charge in [-0.1, -0.05) is 12.1 Å². The first kappa shape index (κ1) is 11.5. The number of rotatable bonds is 2. The average Bonchev–Trinajstić information content (AvgIpc) is 2.99. The van der Waals surface area contributed by atoms with E-state index in [2.05, 4.69) is 48.5 Å². The first-order chi connectivity index (χ1) is 8.69. The predicted molar refractivity (Wildman–Crippen MR) is 72.9 cm³/mol. The highest BCUT2D eigenvalue weighted by atomic mass is 15.3. The first-order valence-corrected chi connectivity index (χ1v) is 6.56. The summed E-state index contributed by atoms with van der Waals surface area (Å²) in [6, 6.07) is 10.8. The number of nitrogens with zero attached hydrogens (tertiary/aromatic N) is 2. The van der Waals surface area contributed by atoms with Gasteiger partial charge in [-0.25, -0.2) is 4.68 Å². The predicted octanol–water partition coefficient (Wildman–Crippen LogP) is 2.78. The van der Waals surface area contributed by atoms with Crippen LogP contribution in [0, 0.1) is 6.92 Å². The van der Waals surface area contributed by atoms with E-state index in [1.54, 1.807) is 0 Å². The number of benzene rings is 1. The molecule has 1 atom stereocenters.